The number of nitrogens with zero attached hydrogens (tertiary/aromatic N) is 1. The van der Waals surface area contributed by atoms with Crippen molar-refractivity contribution in [3.8, 4) is 5.75 Å². The molecule has 0 aliphatic heterocycles. The minimum Gasteiger partial charge on any atom is -0.508 e. The summed E-state index contributed by atoms with van der Waals surface area (Å²) in [4.78, 5) is 24.3. The molecule has 0 aliphatic rings. The summed E-state index contributed by atoms with van der Waals surface area (Å²) in [6.07, 6.45) is 0. The third-order valence-corrected chi connectivity index (χ3v) is 2.88. The van der Waals surface area contributed by atoms with E-state index in [1.165, 1.54) is 17.0 Å². The predicted octanol–water partition coefficient (Wildman–Crippen LogP) is 1.99. The van der Waals surface area contributed by atoms with Crippen LogP contribution in [0.25, 0.3) is 0 Å². The smallest absolute Gasteiger partial charge is 0.281 e. The van der Waals surface area contributed by atoms with E-state index in [1.54, 1.807) is 26.2 Å². The Kier molecular flexibility index (Phi) is 4.37. The summed E-state index contributed by atoms with van der Waals surface area (Å²) in [7, 11) is 3.27. The molecule has 0 bridgehead atoms. The van der Waals surface area contributed by atoms with E-state index >= 15 is 0 Å². The van der Waals surface area contributed by atoms with Gasteiger partial charge in [-0.05, 0) is 12.1 Å². The average Bonchev–Trinajstić information content (AvgIpc) is 2.25. The van der Waals surface area contributed by atoms with Crippen molar-refractivity contribution in [1.29, 1.82) is 0 Å². The lowest BCUT2D eigenvalue weighted by Crippen LogP contribution is -2.18. The summed E-state index contributed by atoms with van der Waals surface area (Å²) in [5, 5.41) is 9.03. The van der Waals surface area contributed by atoms with Crippen LogP contribution in [-0.2, 0) is 0 Å². The molecule has 0 unspecified atom stereocenters. The van der Waals surface area contributed by atoms with Gasteiger partial charge < -0.3 is 10.0 Å². The highest BCUT2D eigenvalue weighted by Crippen LogP contribution is 2.14. The number of phenols is 1. The molecule has 0 fully saturated rings. The van der Waals surface area contributed by atoms with Crippen LogP contribution in [0, 0.1) is 0 Å². The van der Waals surface area contributed by atoms with Crippen LogP contribution in [0.4, 0.5) is 4.79 Å². The van der Waals surface area contributed by atoms with Crippen molar-refractivity contribution in [3.63, 3.8) is 0 Å². The number of benzene rings is 1. The molecule has 0 atom stereocenters. The van der Waals surface area contributed by atoms with E-state index in [-0.39, 0.29) is 22.5 Å². The molecule has 1 aromatic carbocycles. The van der Waals surface area contributed by atoms with Gasteiger partial charge in [-0.25, -0.2) is 0 Å². The van der Waals surface area contributed by atoms with Crippen LogP contribution in [0.2, 0.25) is 0 Å². The fourth-order valence-corrected chi connectivity index (χ4v) is 1.70. The van der Waals surface area contributed by atoms with Gasteiger partial charge in [0.05, 0.1) is 5.75 Å². The number of carbonyl (C=O) groups excluding carboxylic acids is 2. The molecule has 0 spiro atoms. The Bertz CT molecular complexity index is 404. The summed E-state index contributed by atoms with van der Waals surface area (Å²) in [5.41, 5.74) is 0.416. The van der Waals surface area contributed by atoms with Crippen molar-refractivity contribution in [2.45, 2.75) is 0 Å². The monoisotopic (exact) mass is 239 g/mol. The number of amides is 1. The van der Waals surface area contributed by atoms with Gasteiger partial charge in [0.15, 0.2) is 5.78 Å². The molecule has 5 heteroatoms. The van der Waals surface area contributed by atoms with Crippen LogP contribution in [0.1, 0.15) is 10.4 Å². The number of hydrogen-bond acceptors (Lipinski definition) is 4. The highest BCUT2D eigenvalue weighted by atomic mass is 32.2. The standard InChI is InChI=1S/C11H13NO3S/c1-12(2)11(15)16-7-10(14)8-4-3-5-9(13)6-8/h3-6,13H,7H2,1-2H3. The van der Waals surface area contributed by atoms with Crippen molar-refractivity contribution in [3.05, 3.63) is 29.8 Å². The van der Waals surface area contributed by atoms with Gasteiger partial charge in [-0.15, -0.1) is 0 Å². The highest BCUT2D eigenvalue weighted by Gasteiger charge is 2.11. The minimum atomic E-state index is -0.170. The number of rotatable bonds is 3. The third kappa shape index (κ3) is 3.58. The molecule has 86 valence electrons. The Morgan fingerprint density at radius 3 is 2.62 bits per heavy atom. The van der Waals surface area contributed by atoms with Crippen LogP contribution in [0.15, 0.2) is 24.3 Å². The summed E-state index contributed by atoms with van der Waals surface area (Å²) in [5.74, 6) is -0.0358. The Hall–Kier alpha value is -1.49. The Balaban J connectivity index is 2.57. The largest absolute Gasteiger partial charge is 0.508 e. The van der Waals surface area contributed by atoms with E-state index in [9.17, 15) is 14.7 Å². The fourth-order valence-electron chi connectivity index (χ4n) is 1.02. The Morgan fingerprint density at radius 1 is 1.38 bits per heavy atom. The van der Waals surface area contributed by atoms with Crippen LogP contribution >= 0.6 is 11.8 Å². The molecule has 0 saturated carbocycles. The SMILES string of the molecule is CN(C)C(=O)SCC(=O)c1cccc(O)c1. The first-order valence-electron chi connectivity index (χ1n) is 4.67. The molecule has 0 aliphatic carbocycles. The van der Waals surface area contributed by atoms with Crippen molar-refractivity contribution >= 4 is 22.8 Å². The normalized spacial score (nSPS) is 9.88. The molecule has 0 heterocycles. The molecule has 0 saturated heterocycles. The number of aromatic hydroxyl groups is 1. The third-order valence-electron chi connectivity index (χ3n) is 1.86. The minimum absolute atomic E-state index is 0.0507. The van der Waals surface area contributed by atoms with Crippen LogP contribution in [0.3, 0.4) is 0 Å². The summed E-state index contributed by atoms with van der Waals surface area (Å²) in [6.45, 7) is 0. The molecule has 1 rings (SSSR count). The number of thioether (sulfide) groups is 1. The van der Waals surface area contributed by atoms with Crippen LogP contribution < -0.4 is 0 Å². The van der Waals surface area contributed by atoms with Crippen molar-refractivity contribution in [1.82, 2.24) is 4.90 Å². The lowest BCUT2D eigenvalue weighted by atomic mass is 10.1. The first-order valence-corrected chi connectivity index (χ1v) is 5.65. The summed E-state index contributed by atoms with van der Waals surface area (Å²) < 4.78 is 0. The van der Waals surface area contributed by atoms with Crippen LogP contribution in [0.5, 0.6) is 5.75 Å². The van der Waals surface area contributed by atoms with Crippen molar-refractivity contribution < 1.29 is 14.7 Å². The zero-order chi connectivity index (χ0) is 12.1. The zero-order valence-electron chi connectivity index (χ0n) is 9.14. The summed E-state index contributed by atoms with van der Waals surface area (Å²) in [6, 6.07) is 6.10. The topological polar surface area (TPSA) is 57.6 Å². The molecule has 1 amide bonds. The van der Waals surface area contributed by atoms with Crippen molar-refractivity contribution in [2.75, 3.05) is 19.8 Å². The zero-order valence-corrected chi connectivity index (χ0v) is 9.95. The first-order chi connectivity index (χ1) is 7.50. The Morgan fingerprint density at radius 2 is 2.06 bits per heavy atom. The van der Waals surface area contributed by atoms with E-state index in [2.05, 4.69) is 0 Å². The average molecular weight is 239 g/mol. The fraction of sp³-hybridized carbons (Fsp3) is 0.273. The maximum Gasteiger partial charge on any atom is 0.281 e. The molecular weight excluding hydrogens is 226 g/mol. The molecule has 1 N–H and O–H groups in total. The van der Waals surface area contributed by atoms with E-state index in [1.807, 2.05) is 0 Å². The van der Waals surface area contributed by atoms with E-state index in [0.29, 0.717) is 5.56 Å². The molecule has 4 nitrogen and oxygen atoms in total. The molecule has 16 heavy (non-hydrogen) atoms. The van der Waals surface area contributed by atoms with Gasteiger partial charge in [0, 0.05) is 19.7 Å². The predicted molar refractivity (Wildman–Crippen MR) is 64.0 cm³/mol. The van der Waals surface area contributed by atoms with Crippen molar-refractivity contribution in [2.24, 2.45) is 0 Å². The van der Waals surface area contributed by atoms with Gasteiger partial charge in [0.25, 0.3) is 5.24 Å². The van der Waals surface area contributed by atoms with Gasteiger partial charge in [-0.2, -0.15) is 0 Å². The highest BCUT2D eigenvalue weighted by molar-refractivity contribution is 8.14. The second-order valence-electron chi connectivity index (χ2n) is 3.42. The maximum atomic E-state index is 11.6. The van der Waals surface area contributed by atoms with Gasteiger partial charge in [0.1, 0.15) is 5.75 Å². The quantitative estimate of drug-likeness (QED) is 0.819. The van der Waals surface area contributed by atoms with E-state index in [0.717, 1.165) is 11.8 Å². The molecular formula is C11H13NO3S. The Labute approximate surface area is 98.3 Å². The first kappa shape index (κ1) is 12.6. The lowest BCUT2D eigenvalue weighted by molar-refractivity contribution is 0.102. The van der Waals surface area contributed by atoms with Gasteiger partial charge in [-0.1, -0.05) is 23.9 Å². The van der Waals surface area contributed by atoms with Gasteiger partial charge >= 0.3 is 0 Å². The molecule has 0 aromatic heterocycles. The van der Waals surface area contributed by atoms with Crippen LogP contribution in [-0.4, -0.2) is 40.9 Å². The molecule has 1 aromatic rings. The second-order valence-corrected chi connectivity index (χ2v) is 4.35. The summed E-state index contributed by atoms with van der Waals surface area (Å²) >= 11 is 0.949. The number of ketones is 1. The van der Waals surface area contributed by atoms with E-state index in [4.69, 9.17) is 0 Å². The second kappa shape index (κ2) is 5.55. The number of phenolic OH excluding ortho intramolecular Hbond substituents is 1. The maximum absolute atomic E-state index is 11.6. The van der Waals surface area contributed by atoms with Gasteiger partial charge in [0.2, 0.25) is 0 Å². The number of carbonyl (C=O) groups is 2. The van der Waals surface area contributed by atoms with E-state index < -0.39 is 0 Å². The van der Waals surface area contributed by atoms with Gasteiger partial charge in [-0.3, -0.25) is 9.59 Å². The number of Topliss-reactive ketones (excluding diaryl/α,β-unsaturated/α-hetero) is 1. The number of hydrogen-bond donors (Lipinski definition) is 1. The lowest BCUT2D eigenvalue weighted by Gasteiger charge is -2.08. The molecule has 0 radical (unpaired) electrons.